The van der Waals surface area contributed by atoms with E-state index in [1.165, 1.54) is 0 Å². The number of pyridine rings is 2. The first-order valence-corrected chi connectivity index (χ1v) is 5.98. The van der Waals surface area contributed by atoms with Gasteiger partial charge < -0.3 is 10.6 Å². The second-order valence-electron chi connectivity index (χ2n) is 4.72. The van der Waals surface area contributed by atoms with E-state index in [0.29, 0.717) is 6.04 Å². The van der Waals surface area contributed by atoms with Gasteiger partial charge in [0.1, 0.15) is 5.82 Å². The second-order valence-corrected chi connectivity index (χ2v) is 4.72. The Labute approximate surface area is 100 Å². The zero-order valence-electron chi connectivity index (χ0n) is 9.87. The van der Waals surface area contributed by atoms with Gasteiger partial charge in [-0.1, -0.05) is 0 Å². The fraction of sp³-hybridized carbons (Fsp3) is 0.385. The Kier molecular flexibility index (Phi) is 2.44. The molecule has 0 spiro atoms. The summed E-state index contributed by atoms with van der Waals surface area (Å²) in [4.78, 5) is 11.2. The van der Waals surface area contributed by atoms with E-state index < -0.39 is 0 Å². The maximum Gasteiger partial charge on any atom is 0.161 e. The van der Waals surface area contributed by atoms with Gasteiger partial charge in [0.05, 0.1) is 0 Å². The summed E-state index contributed by atoms with van der Waals surface area (Å²) in [5.74, 6) is 0.983. The Bertz CT molecular complexity index is 540. The first kappa shape index (κ1) is 10.5. The molecule has 4 nitrogen and oxygen atoms in total. The van der Waals surface area contributed by atoms with Crippen LogP contribution in [-0.4, -0.2) is 28.6 Å². The van der Waals surface area contributed by atoms with Gasteiger partial charge in [0.15, 0.2) is 5.65 Å². The average molecular weight is 228 g/mol. The molecular formula is C13H16N4. The lowest BCUT2D eigenvalue weighted by Gasteiger charge is -2.22. The van der Waals surface area contributed by atoms with Gasteiger partial charge in [0.25, 0.3) is 0 Å². The molecule has 0 aliphatic carbocycles. The standard InChI is InChI=1S/C13H16N4/c1-9-7-11(14)8-17(9)12-5-4-10-3-2-6-15-13(10)16-12/h2-6,9,11H,7-8,14H2,1H3. The zero-order chi connectivity index (χ0) is 11.8. The molecule has 0 saturated carbocycles. The summed E-state index contributed by atoms with van der Waals surface area (Å²) in [6.45, 7) is 3.07. The molecule has 2 N–H and O–H groups in total. The minimum absolute atomic E-state index is 0.256. The van der Waals surface area contributed by atoms with Gasteiger partial charge in [0, 0.05) is 30.2 Å². The van der Waals surface area contributed by atoms with Crippen LogP contribution in [0.15, 0.2) is 30.5 Å². The summed E-state index contributed by atoms with van der Waals surface area (Å²) < 4.78 is 0. The third-order valence-corrected chi connectivity index (χ3v) is 3.35. The zero-order valence-corrected chi connectivity index (χ0v) is 9.87. The molecule has 2 aromatic rings. The van der Waals surface area contributed by atoms with E-state index in [9.17, 15) is 0 Å². The van der Waals surface area contributed by atoms with Crippen LogP contribution in [0.3, 0.4) is 0 Å². The predicted octanol–water partition coefficient (Wildman–Crippen LogP) is 1.56. The molecule has 1 aliphatic rings. The number of nitrogens with two attached hydrogens (primary N) is 1. The number of anilines is 1. The number of nitrogens with zero attached hydrogens (tertiary/aromatic N) is 3. The maximum atomic E-state index is 5.98. The number of fused-ring (bicyclic) bond motifs is 1. The van der Waals surface area contributed by atoms with Gasteiger partial charge in [-0.25, -0.2) is 9.97 Å². The Hall–Kier alpha value is -1.68. The maximum absolute atomic E-state index is 5.98. The van der Waals surface area contributed by atoms with E-state index in [-0.39, 0.29) is 6.04 Å². The van der Waals surface area contributed by atoms with Gasteiger partial charge in [0.2, 0.25) is 0 Å². The van der Waals surface area contributed by atoms with Gasteiger partial charge in [-0.15, -0.1) is 0 Å². The van der Waals surface area contributed by atoms with E-state index in [2.05, 4.69) is 33.9 Å². The molecule has 3 heterocycles. The Morgan fingerprint density at radius 2 is 2.24 bits per heavy atom. The molecule has 1 saturated heterocycles. The topological polar surface area (TPSA) is 55.0 Å². The van der Waals surface area contributed by atoms with Crippen molar-refractivity contribution in [1.29, 1.82) is 0 Å². The SMILES string of the molecule is CC1CC(N)CN1c1ccc2cccnc2n1. The number of rotatable bonds is 1. The lowest BCUT2D eigenvalue weighted by molar-refractivity contribution is 0.689. The van der Waals surface area contributed by atoms with Crippen molar-refractivity contribution in [2.45, 2.75) is 25.4 Å². The molecule has 0 bridgehead atoms. The van der Waals surface area contributed by atoms with E-state index in [4.69, 9.17) is 5.73 Å². The van der Waals surface area contributed by atoms with Crippen molar-refractivity contribution in [2.24, 2.45) is 5.73 Å². The minimum atomic E-state index is 0.256. The quantitative estimate of drug-likeness (QED) is 0.804. The predicted molar refractivity (Wildman–Crippen MR) is 68.9 cm³/mol. The lowest BCUT2D eigenvalue weighted by atomic mass is 10.2. The molecule has 1 fully saturated rings. The smallest absolute Gasteiger partial charge is 0.161 e. The first-order chi connectivity index (χ1) is 8.24. The molecule has 0 radical (unpaired) electrons. The lowest BCUT2D eigenvalue weighted by Crippen LogP contribution is -2.29. The van der Waals surface area contributed by atoms with Crippen LogP contribution < -0.4 is 10.6 Å². The summed E-state index contributed by atoms with van der Waals surface area (Å²) in [5, 5.41) is 1.08. The second kappa shape index (κ2) is 3.96. The van der Waals surface area contributed by atoms with E-state index in [0.717, 1.165) is 29.8 Å². The van der Waals surface area contributed by atoms with Gasteiger partial charge >= 0.3 is 0 Å². The third kappa shape index (κ3) is 1.85. The van der Waals surface area contributed by atoms with Crippen molar-refractivity contribution < 1.29 is 0 Å². The van der Waals surface area contributed by atoms with Gasteiger partial charge in [-0.3, -0.25) is 0 Å². The van der Waals surface area contributed by atoms with Crippen LogP contribution in [0.2, 0.25) is 0 Å². The monoisotopic (exact) mass is 228 g/mol. The molecule has 4 heteroatoms. The summed E-state index contributed by atoms with van der Waals surface area (Å²) in [6.07, 6.45) is 2.81. The van der Waals surface area contributed by atoms with Crippen molar-refractivity contribution in [3.05, 3.63) is 30.5 Å². The van der Waals surface area contributed by atoms with Crippen LogP contribution in [0.4, 0.5) is 5.82 Å². The number of aromatic nitrogens is 2. The first-order valence-electron chi connectivity index (χ1n) is 5.98. The molecule has 2 atom stereocenters. The molecule has 1 aliphatic heterocycles. The highest BCUT2D eigenvalue weighted by Crippen LogP contribution is 2.24. The summed E-state index contributed by atoms with van der Waals surface area (Å²) in [7, 11) is 0. The van der Waals surface area contributed by atoms with Crippen LogP contribution in [0, 0.1) is 0 Å². The average Bonchev–Trinajstić information content (AvgIpc) is 2.68. The molecule has 0 amide bonds. The fourth-order valence-corrected chi connectivity index (χ4v) is 2.49. The molecule has 3 rings (SSSR count). The van der Waals surface area contributed by atoms with Gasteiger partial charge in [-0.2, -0.15) is 0 Å². The molecule has 17 heavy (non-hydrogen) atoms. The van der Waals surface area contributed by atoms with Crippen LogP contribution in [0.5, 0.6) is 0 Å². The molecular weight excluding hydrogens is 212 g/mol. The van der Waals surface area contributed by atoms with Crippen molar-refractivity contribution in [3.63, 3.8) is 0 Å². The van der Waals surface area contributed by atoms with Crippen LogP contribution in [-0.2, 0) is 0 Å². The van der Waals surface area contributed by atoms with Crippen LogP contribution in [0.1, 0.15) is 13.3 Å². The fourth-order valence-electron chi connectivity index (χ4n) is 2.49. The summed E-state index contributed by atoms with van der Waals surface area (Å²) >= 11 is 0. The van der Waals surface area contributed by atoms with Crippen molar-refractivity contribution in [3.8, 4) is 0 Å². The largest absolute Gasteiger partial charge is 0.352 e. The Morgan fingerprint density at radius 3 is 3.00 bits per heavy atom. The Balaban J connectivity index is 2.00. The van der Waals surface area contributed by atoms with E-state index in [1.54, 1.807) is 6.20 Å². The normalized spacial score (nSPS) is 24.5. The van der Waals surface area contributed by atoms with Crippen molar-refractivity contribution in [1.82, 2.24) is 9.97 Å². The van der Waals surface area contributed by atoms with Crippen LogP contribution >= 0.6 is 0 Å². The summed E-state index contributed by atoms with van der Waals surface area (Å²) in [5.41, 5.74) is 6.78. The third-order valence-electron chi connectivity index (χ3n) is 3.35. The Morgan fingerprint density at radius 1 is 1.35 bits per heavy atom. The molecule has 2 aromatic heterocycles. The highest BCUT2D eigenvalue weighted by atomic mass is 15.2. The number of hydrogen-bond donors (Lipinski definition) is 1. The van der Waals surface area contributed by atoms with E-state index >= 15 is 0 Å². The molecule has 0 aromatic carbocycles. The molecule has 2 unspecified atom stereocenters. The van der Waals surface area contributed by atoms with Gasteiger partial charge in [-0.05, 0) is 37.6 Å². The molecule has 88 valence electrons. The van der Waals surface area contributed by atoms with Crippen molar-refractivity contribution in [2.75, 3.05) is 11.4 Å². The van der Waals surface area contributed by atoms with Crippen LogP contribution in [0.25, 0.3) is 11.0 Å². The van der Waals surface area contributed by atoms with E-state index in [1.807, 2.05) is 12.1 Å². The summed E-state index contributed by atoms with van der Waals surface area (Å²) in [6, 6.07) is 8.79. The number of hydrogen-bond acceptors (Lipinski definition) is 4. The minimum Gasteiger partial charge on any atom is -0.352 e. The van der Waals surface area contributed by atoms with Crippen molar-refractivity contribution >= 4 is 16.9 Å². The highest BCUT2D eigenvalue weighted by Gasteiger charge is 2.27. The highest BCUT2D eigenvalue weighted by molar-refractivity contribution is 5.76.